The minimum Gasteiger partial charge on any atom is -0.355 e. The minimum atomic E-state index is 0.0224. The fourth-order valence-corrected chi connectivity index (χ4v) is 3.68. The second-order valence-corrected chi connectivity index (χ2v) is 7.18. The number of hydrogen-bond acceptors (Lipinski definition) is 4. The number of piperazine rings is 1. The van der Waals surface area contributed by atoms with E-state index in [0.717, 1.165) is 24.1 Å². The van der Waals surface area contributed by atoms with Crippen molar-refractivity contribution in [3.05, 3.63) is 29.3 Å². The fraction of sp³-hybridized carbons (Fsp3) is 0.550. The highest BCUT2D eigenvalue weighted by Crippen LogP contribution is 2.29. The first-order valence-electron chi connectivity index (χ1n) is 9.69. The number of benzene rings is 1. The second-order valence-electron chi connectivity index (χ2n) is 7.18. The first-order valence-corrected chi connectivity index (χ1v) is 9.69. The molecule has 0 unspecified atom stereocenters. The number of nitrogens with zero attached hydrogens (tertiary/aromatic N) is 3. The molecule has 27 heavy (non-hydrogen) atoms. The van der Waals surface area contributed by atoms with Crippen molar-refractivity contribution in [1.29, 1.82) is 0 Å². The topological polar surface area (TPSA) is 73.0 Å². The maximum atomic E-state index is 12.8. The molecule has 7 nitrogen and oxygen atoms in total. The maximum Gasteiger partial charge on any atom is 0.253 e. The summed E-state index contributed by atoms with van der Waals surface area (Å²) in [5, 5.41) is 2.89. The van der Waals surface area contributed by atoms with Crippen molar-refractivity contribution in [3.63, 3.8) is 0 Å². The summed E-state index contributed by atoms with van der Waals surface area (Å²) >= 11 is 0. The van der Waals surface area contributed by atoms with E-state index in [-0.39, 0.29) is 17.7 Å². The first-order chi connectivity index (χ1) is 13.0. The van der Waals surface area contributed by atoms with Gasteiger partial charge in [-0.1, -0.05) is 6.92 Å². The third-order valence-electron chi connectivity index (χ3n) is 5.20. The summed E-state index contributed by atoms with van der Waals surface area (Å²) in [6, 6.07) is 5.61. The number of amides is 3. The highest BCUT2D eigenvalue weighted by atomic mass is 16.2. The van der Waals surface area contributed by atoms with Gasteiger partial charge in [0.1, 0.15) is 0 Å². The SMILES string of the molecule is CCCNC(=O)CN1CCN(C(=O)c2ccc3c(c2)CCN3C(C)=O)CC1. The molecule has 1 N–H and O–H groups in total. The number of fused-ring (bicyclic) bond motifs is 1. The van der Waals surface area contributed by atoms with Gasteiger partial charge in [-0.15, -0.1) is 0 Å². The molecule has 1 fully saturated rings. The van der Waals surface area contributed by atoms with Crippen molar-refractivity contribution in [3.8, 4) is 0 Å². The molecular formula is C20H28N4O3. The van der Waals surface area contributed by atoms with E-state index < -0.39 is 0 Å². The van der Waals surface area contributed by atoms with Crippen molar-refractivity contribution in [2.75, 3.05) is 50.7 Å². The van der Waals surface area contributed by atoms with E-state index in [9.17, 15) is 14.4 Å². The third-order valence-corrected chi connectivity index (χ3v) is 5.20. The van der Waals surface area contributed by atoms with Crippen LogP contribution in [-0.2, 0) is 16.0 Å². The summed E-state index contributed by atoms with van der Waals surface area (Å²) in [4.78, 5) is 42.0. The van der Waals surface area contributed by atoms with Crippen LogP contribution < -0.4 is 10.2 Å². The average Bonchev–Trinajstić information content (AvgIpc) is 3.10. The molecule has 1 aromatic carbocycles. The van der Waals surface area contributed by atoms with E-state index in [1.807, 2.05) is 30.0 Å². The standard InChI is InChI=1S/C20H28N4O3/c1-3-7-21-19(26)14-22-9-11-23(12-10-22)20(27)17-4-5-18-16(13-17)6-8-24(18)15(2)25/h4-5,13H,3,6-12,14H2,1-2H3,(H,21,26). The summed E-state index contributed by atoms with van der Waals surface area (Å²) in [5.74, 6) is 0.103. The van der Waals surface area contributed by atoms with Crippen molar-refractivity contribution in [2.45, 2.75) is 26.7 Å². The Balaban J connectivity index is 1.56. The normalized spacial score (nSPS) is 17.0. The lowest BCUT2D eigenvalue weighted by atomic mass is 10.1. The third kappa shape index (κ3) is 4.47. The molecule has 0 aromatic heterocycles. The lowest BCUT2D eigenvalue weighted by molar-refractivity contribution is -0.122. The molecule has 1 saturated heterocycles. The van der Waals surface area contributed by atoms with Gasteiger partial charge < -0.3 is 15.1 Å². The van der Waals surface area contributed by atoms with Gasteiger partial charge in [0, 0.05) is 57.4 Å². The quantitative estimate of drug-likeness (QED) is 0.833. The average molecular weight is 372 g/mol. The fourth-order valence-electron chi connectivity index (χ4n) is 3.68. The molecule has 2 aliphatic heterocycles. The van der Waals surface area contributed by atoms with Crippen LogP contribution in [-0.4, -0.2) is 73.3 Å². The summed E-state index contributed by atoms with van der Waals surface area (Å²) in [7, 11) is 0. The van der Waals surface area contributed by atoms with Gasteiger partial charge in [-0.05, 0) is 36.6 Å². The van der Waals surface area contributed by atoms with Crippen LogP contribution in [0.2, 0.25) is 0 Å². The number of anilines is 1. The number of nitrogens with one attached hydrogen (secondary N) is 1. The summed E-state index contributed by atoms with van der Waals surface area (Å²) < 4.78 is 0. The molecular weight excluding hydrogens is 344 g/mol. The van der Waals surface area contributed by atoms with E-state index in [1.165, 1.54) is 0 Å². The zero-order valence-electron chi connectivity index (χ0n) is 16.2. The highest BCUT2D eigenvalue weighted by molar-refractivity contribution is 5.98. The minimum absolute atomic E-state index is 0.0224. The Morgan fingerprint density at radius 2 is 1.81 bits per heavy atom. The lowest BCUT2D eigenvalue weighted by Gasteiger charge is -2.34. The van der Waals surface area contributed by atoms with Crippen LogP contribution in [0, 0.1) is 0 Å². The molecule has 146 valence electrons. The summed E-state index contributed by atoms with van der Waals surface area (Å²) in [6.07, 6.45) is 1.72. The highest BCUT2D eigenvalue weighted by Gasteiger charge is 2.26. The van der Waals surface area contributed by atoms with Gasteiger partial charge in [-0.3, -0.25) is 19.3 Å². The van der Waals surface area contributed by atoms with Gasteiger partial charge in [0.05, 0.1) is 6.54 Å². The molecule has 7 heteroatoms. The summed E-state index contributed by atoms with van der Waals surface area (Å²) in [5.41, 5.74) is 2.65. The molecule has 0 spiro atoms. The second kappa shape index (κ2) is 8.52. The van der Waals surface area contributed by atoms with E-state index in [2.05, 4.69) is 10.2 Å². The molecule has 0 atom stereocenters. The van der Waals surface area contributed by atoms with E-state index >= 15 is 0 Å². The molecule has 0 bridgehead atoms. The van der Waals surface area contributed by atoms with Crippen molar-refractivity contribution in [2.24, 2.45) is 0 Å². The Bertz CT molecular complexity index is 726. The number of rotatable bonds is 5. The molecule has 0 aliphatic carbocycles. The maximum absolute atomic E-state index is 12.8. The first kappa shape index (κ1) is 19.4. The Morgan fingerprint density at radius 3 is 2.48 bits per heavy atom. The van der Waals surface area contributed by atoms with Gasteiger partial charge in [0.2, 0.25) is 11.8 Å². The van der Waals surface area contributed by atoms with Crippen LogP contribution in [0.4, 0.5) is 5.69 Å². The predicted octanol–water partition coefficient (Wildman–Crippen LogP) is 0.880. The van der Waals surface area contributed by atoms with Gasteiger partial charge in [0.15, 0.2) is 0 Å². The zero-order chi connectivity index (χ0) is 19.4. The van der Waals surface area contributed by atoms with Crippen LogP contribution in [0.5, 0.6) is 0 Å². The number of carbonyl (C=O) groups excluding carboxylic acids is 3. The van der Waals surface area contributed by atoms with Crippen molar-refractivity contribution >= 4 is 23.4 Å². The van der Waals surface area contributed by atoms with Crippen LogP contribution in [0.15, 0.2) is 18.2 Å². The molecule has 0 saturated carbocycles. The Morgan fingerprint density at radius 1 is 1.07 bits per heavy atom. The van der Waals surface area contributed by atoms with Gasteiger partial charge >= 0.3 is 0 Å². The van der Waals surface area contributed by atoms with Crippen molar-refractivity contribution < 1.29 is 14.4 Å². The molecule has 3 rings (SSSR count). The lowest BCUT2D eigenvalue weighted by Crippen LogP contribution is -2.51. The summed E-state index contributed by atoms with van der Waals surface area (Å²) in [6.45, 7) is 8.02. The van der Waals surface area contributed by atoms with E-state index in [0.29, 0.717) is 51.4 Å². The molecule has 0 radical (unpaired) electrons. The molecule has 1 aromatic rings. The predicted molar refractivity (Wildman–Crippen MR) is 104 cm³/mol. The molecule has 2 heterocycles. The van der Waals surface area contributed by atoms with Crippen LogP contribution in [0.3, 0.4) is 0 Å². The largest absolute Gasteiger partial charge is 0.355 e. The van der Waals surface area contributed by atoms with Crippen LogP contribution >= 0.6 is 0 Å². The number of carbonyl (C=O) groups is 3. The van der Waals surface area contributed by atoms with Gasteiger partial charge in [-0.25, -0.2) is 0 Å². The van der Waals surface area contributed by atoms with Crippen molar-refractivity contribution in [1.82, 2.24) is 15.1 Å². The van der Waals surface area contributed by atoms with Gasteiger partial charge in [0.25, 0.3) is 5.91 Å². The zero-order valence-corrected chi connectivity index (χ0v) is 16.2. The van der Waals surface area contributed by atoms with E-state index in [1.54, 1.807) is 11.8 Å². The van der Waals surface area contributed by atoms with Crippen LogP contribution in [0.25, 0.3) is 0 Å². The molecule has 2 aliphatic rings. The van der Waals surface area contributed by atoms with Crippen LogP contribution in [0.1, 0.15) is 36.2 Å². The monoisotopic (exact) mass is 372 g/mol. The Kier molecular flexibility index (Phi) is 6.11. The van der Waals surface area contributed by atoms with E-state index in [4.69, 9.17) is 0 Å². The Hall–Kier alpha value is -2.41. The van der Waals surface area contributed by atoms with Gasteiger partial charge in [-0.2, -0.15) is 0 Å². The smallest absolute Gasteiger partial charge is 0.253 e. The molecule has 3 amide bonds. The number of hydrogen-bond donors (Lipinski definition) is 1. The Labute approximate surface area is 160 Å².